The molecule has 2 aromatic rings. The second-order valence-corrected chi connectivity index (χ2v) is 8.48. The zero-order valence-corrected chi connectivity index (χ0v) is 21.2. The molecule has 0 spiro atoms. The number of carbonyl (C=O) groups is 6. The molecule has 1 atom stereocenters. The summed E-state index contributed by atoms with van der Waals surface area (Å²) in [5, 5.41) is 32.1. The van der Waals surface area contributed by atoms with E-state index in [1.165, 1.54) is 0 Å². The summed E-state index contributed by atoms with van der Waals surface area (Å²) in [7, 11) is 1.97. The molecule has 208 valence electrons. The largest absolute Gasteiger partial charge is 0.492 e. The van der Waals surface area contributed by atoms with E-state index in [0.29, 0.717) is 25.2 Å². The fourth-order valence-electron chi connectivity index (χ4n) is 2.60. The van der Waals surface area contributed by atoms with E-state index in [0.717, 1.165) is 35.4 Å². The van der Waals surface area contributed by atoms with E-state index in [2.05, 4.69) is 10.3 Å². The smallest absolute Gasteiger partial charge is 0.414 e. The zero-order chi connectivity index (χ0) is 29.4. The van der Waals surface area contributed by atoms with Gasteiger partial charge in [-0.15, -0.1) is 0 Å². The highest BCUT2D eigenvalue weighted by molar-refractivity contribution is 8.15. The molecule has 2 heterocycles. The first kappa shape index (κ1) is 32.1. The van der Waals surface area contributed by atoms with Gasteiger partial charge in [0.15, 0.2) is 0 Å². The molecule has 39 heavy (non-hydrogen) atoms. The van der Waals surface area contributed by atoms with E-state index in [-0.39, 0.29) is 16.4 Å². The molecule has 5 N–H and O–H groups in total. The van der Waals surface area contributed by atoms with Gasteiger partial charge >= 0.3 is 23.9 Å². The predicted molar refractivity (Wildman–Crippen MR) is 138 cm³/mol. The van der Waals surface area contributed by atoms with Crippen molar-refractivity contribution < 1.29 is 53.9 Å². The fraction of sp³-hybridized carbons (Fsp3) is 0.208. The van der Waals surface area contributed by atoms with Gasteiger partial charge in [-0.2, -0.15) is 0 Å². The van der Waals surface area contributed by atoms with Crippen LogP contribution in [-0.4, -0.2) is 85.9 Å². The van der Waals surface area contributed by atoms with E-state index in [9.17, 15) is 19.2 Å². The van der Waals surface area contributed by atoms with Crippen LogP contribution >= 0.6 is 11.8 Å². The van der Waals surface area contributed by atoms with Crippen LogP contribution in [0.2, 0.25) is 0 Å². The van der Waals surface area contributed by atoms with Gasteiger partial charge in [0.25, 0.3) is 5.24 Å². The number of hydrogen-bond acceptors (Lipinski definition) is 10. The summed E-state index contributed by atoms with van der Waals surface area (Å²) in [6.07, 6.45) is 3.41. The summed E-state index contributed by atoms with van der Waals surface area (Å²) in [5.41, 5.74) is 1.00. The highest BCUT2D eigenvalue weighted by Crippen LogP contribution is 2.23. The van der Waals surface area contributed by atoms with Crippen molar-refractivity contribution in [3.05, 3.63) is 66.4 Å². The first-order chi connectivity index (χ1) is 18.4. The summed E-state index contributed by atoms with van der Waals surface area (Å²) >= 11 is 1.05. The number of pyridine rings is 1. The Kier molecular flexibility index (Phi) is 13.8. The van der Waals surface area contributed by atoms with E-state index in [1.807, 2.05) is 54.4 Å². The van der Waals surface area contributed by atoms with Gasteiger partial charge in [-0.3, -0.25) is 14.9 Å². The number of rotatable bonds is 9. The highest BCUT2D eigenvalue weighted by Gasteiger charge is 2.31. The Morgan fingerprint density at radius 2 is 1.56 bits per heavy atom. The van der Waals surface area contributed by atoms with E-state index in [1.54, 1.807) is 6.20 Å². The lowest BCUT2D eigenvalue weighted by atomic mass is 10.1. The third kappa shape index (κ3) is 13.8. The Morgan fingerprint density at radius 3 is 2.00 bits per heavy atom. The number of carbonyl (C=O) groups excluding carboxylic acids is 2. The van der Waals surface area contributed by atoms with Crippen LogP contribution in [0.15, 0.2) is 60.8 Å². The number of thioether (sulfide) groups is 1. The molecule has 1 unspecified atom stereocenters. The molecule has 1 aliphatic heterocycles. The number of likely N-dealkylation sites (N-methyl/N-ethyl adjacent to an activating group) is 1. The SMILES string of the molecule is CN(CCOc1ccc(CC2SC(=O)NC2=O)cc1)c1ccccn1.O=C(O)C(=O)O.O=C(O)C=CC(=O)O. The molecule has 1 saturated heterocycles. The normalized spacial score (nSPS) is 13.7. The number of ether oxygens (including phenoxy) is 1. The van der Waals surface area contributed by atoms with Crippen LogP contribution < -0.4 is 15.0 Å². The molecule has 2 amide bonds. The maximum Gasteiger partial charge on any atom is 0.414 e. The molecule has 1 aromatic heterocycles. The second-order valence-electron chi connectivity index (χ2n) is 7.31. The maximum atomic E-state index is 11.6. The van der Waals surface area contributed by atoms with Gasteiger partial charge in [-0.05, 0) is 36.2 Å². The third-order valence-corrected chi connectivity index (χ3v) is 5.38. The van der Waals surface area contributed by atoms with Crippen LogP contribution in [0.25, 0.3) is 0 Å². The summed E-state index contributed by atoms with van der Waals surface area (Å²) < 4.78 is 5.75. The molecule has 0 radical (unpaired) electrons. The van der Waals surface area contributed by atoms with Crippen LogP contribution in [0.4, 0.5) is 10.6 Å². The summed E-state index contributed by atoms with van der Waals surface area (Å²) in [5.74, 6) is -4.70. The van der Waals surface area contributed by atoms with Gasteiger partial charge in [0.1, 0.15) is 18.2 Å². The number of hydrogen-bond donors (Lipinski definition) is 5. The third-order valence-electron chi connectivity index (χ3n) is 4.40. The molecule has 3 rings (SSSR count). The van der Waals surface area contributed by atoms with Crippen LogP contribution in [0.1, 0.15) is 5.56 Å². The van der Waals surface area contributed by atoms with Gasteiger partial charge in [-0.25, -0.2) is 24.2 Å². The summed E-state index contributed by atoms with van der Waals surface area (Å²) in [6, 6.07) is 13.4. The first-order valence-electron chi connectivity index (χ1n) is 10.8. The Balaban J connectivity index is 0.000000450. The number of carboxylic acids is 4. The van der Waals surface area contributed by atoms with Crippen molar-refractivity contribution in [1.29, 1.82) is 0 Å². The van der Waals surface area contributed by atoms with Crippen molar-refractivity contribution in [2.45, 2.75) is 11.7 Å². The monoisotopic (exact) mass is 563 g/mol. The maximum absolute atomic E-state index is 11.6. The molecule has 0 bridgehead atoms. The Bertz CT molecular complexity index is 1160. The minimum atomic E-state index is -1.82. The van der Waals surface area contributed by atoms with Crippen LogP contribution in [0.3, 0.4) is 0 Å². The van der Waals surface area contributed by atoms with Crippen LogP contribution in [-0.2, 0) is 30.4 Å². The number of benzene rings is 1. The highest BCUT2D eigenvalue weighted by atomic mass is 32.2. The van der Waals surface area contributed by atoms with Gasteiger partial charge in [0.05, 0.1) is 11.8 Å². The molecule has 15 heteroatoms. The fourth-order valence-corrected chi connectivity index (χ4v) is 3.46. The molecular formula is C24H25N3O11S. The van der Waals surface area contributed by atoms with Crippen molar-refractivity contribution in [3.8, 4) is 5.75 Å². The minimum absolute atomic E-state index is 0.215. The topological polar surface area (TPSA) is 221 Å². The molecule has 14 nitrogen and oxygen atoms in total. The standard InChI is InChI=1S/C18H19N3O3S.C4H4O4.C2H2O4/c1-21(16-4-2-3-9-19-16)10-11-24-14-7-5-13(6-8-14)12-15-17(22)20-18(23)25-15;5-3(6)1-2-4(7)8;3-1(4)2(5)6/h2-9,15H,10-12H2,1H3,(H,20,22,23);1-2H,(H,5,6)(H,7,8);(H,3,4)(H,5,6). The van der Waals surface area contributed by atoms with Crippen molar-refractivity contribution in [2.24, 2.45) is 0 Å². The molecule has 1 aromatic carbocycles. The molecule has 0 saturated carbocycles. The van der Waals surface area contributed by atoms with E-state index in [4.69, 9.17) is 34.8 Å². The molecule has 1 fully saturated rings. The summed E-state index contributed by atoms with van der Waals surface area (Å²) in [4.78, 5) is 66.4. The number of nitrogens with zero attached hydrogens (tertiary/aromatic N) is 2. The van der Waals surface area contributed by atoms with Crippen LogP contribution in [0.5, 0.6) is 5.75 Å². The molecular weight excluding hydrogens is 538 g/mol. The minimum Gasteiger partial charge on any atom is -0.492 e. The van der Waals surface area contributed by atoms with Crippen molar-refractivity contribution >= 4 is 52.6 Å². The Morgan fingerprint density at radius 1 is 0.974 bits per heavy atom. The van der Waals surface area contributed by atoms with E-state index < -0.39 is 23.9 Å². The molecule has 1 aliphatic rings. The Labute approximate surface area is 225 Å². The predicted octanol–water partition coefficient (Wildman–Crippen LogP) is 1.36. The lowest BCUT2D eigenvalue weighted by Crippen LogP contribution is -2.25. The second kappa shape index (κ2) is 16.8. The first-order valence-corrected chi connectivity index (χ1v) is 11.7. The van der Waals surface area contributed by atoms with Crippen molar-refractivity contribution in [1.82, 2.24) is 10.3 Å². The number of carboxylic acid groups (broad SMARTS) is 4. The zero-order valence-electron chi connectivity index (χ0n) is 20.4. The quantitative estimate of drug-likeness (QED) is 0.215. The van der Waals surface area contributed by atoms with Gasteiger partial charge in [0.2, 0.25) is 5.91 Å². The average Bonchev–Trinajstić information content (AvgIpc) is 3.21. The number of imide groups is 1. The number of aliphatic carboxylic acids is 4. The summed E-state index contributed by atoms with van der Waals surface area (Å²) in [6.45, 7) is 1.27. The van der Waals surface area contributed by atoms with Crippen molar-refractivity contribution in [3.63, 3.8) is 0 Å². The van der Waals surface area contributed by atoms with Gasteiger partial charge in [-0.1, -0.05) is 30.0 Å². The van der Waals surface area contributed by atoms with Gasteiger partial charge < -0.3 is 30.1 Å². The molecule has 0 aliphatic carbocycles. The lowest BCUT2D eigenvalue weighted by Gasteiger charge is -2.18. The number of anilines is 1. The van der Waals surface area contributed by atoms with Crippen LogP contribution in [0, 0.1) is 0 Å². The van der Waals surface area contributed by atoms with E-state index >= 15 is 0 Å². The number of nitrogens with one attached hydrogen (secondary N) is 1. The Hall–Kier alpha value is -4.92. The lowest BCUT2D eigenvalue weighted by molar-refractivity contribution is -0.159. The van der Waals surface area contributed by atoms with Crippen molar-refractivity contribution in [2.75, 3.05) is 25.1 Å². The number of amides is 2. The van der Waals surface area contributed by atoms with Gasteiger partial charge in [0, 0.05) is 25.4 Å². The number of aromatic nitrogens is 1. The average molecular weight is 564 g/mol.